The number of amides is 3. The molecule has 0 bridgehead atoms. The van der Waals surface area contributed by atoms with Crippen molar-refractivity contribution in [2.24, 2.45) is 11.8 Å². The van der Waals surface area contributed by atoms with Crippen molar-refractivity contribution in [2.75, 3.05) is 16.0 Å². The first-order valence-electron chi connectivity index (χ1n) is 17.9. The van der Waals surface area contributed by atoms with Crippen LogP contribution < -0.4 is 16.0 Å². The van der Waals surface area contributed by atoms with Crippen LogP contribution in [0.4, 0.5) is 17.1 Å². The van der Waals surface area contributed by atoms with Gasteiger partial charge in [0.1, 0.15) is 17.3 Å². The molecule has 0 saturated carbocycles. The Morgan fingerprint density at radius 2 is 1.20 bits per heavy atom. The Morgan fingerprint density at radius 1 is 0.673 bits per heavy atom. The largest absolute Gasteiger partial charge is 0.507 e. The van der Waals surface area contributed by atoms with E-state index < -0.39 is 23.6 Å². The van der Waals surface area contributed by atoms with Gasteiger partial charge >= 0.3 is 0 Å². The van der Waals surface area contributed by atoms with Gasteiger partial charge in [-0.05, 0) is 87.7 Å². The number of nitrogens with zero attached hydrogens (tertiary/aromatic N) is 1. The van der Waals surface area contributed by atoms with Crippen LogP contribution in [0.5, 0.6) is 11.5 Å². The van der Waals surface area contributed by atoms with Gasteiger partial charge in [-0.3, -0.25) is 28.8 Å². The molecule has 4 rings (SSSR count). The van der Waals surface area contributed by atoms with Crippen LogP contribution in [0.15, 0.2) is 72.8 Å². The van der Waals surface area contributed by atoms with E-state index in [1.54, 1.807) is 31.2 Å². The van der Waals surface area contributed by atoms with Crippen LogP contribution in [-0.2, 0) is 16.0 Å². The summed E-state index contributed by atoms with van der Waals surface area (Å²) < 4.78 is 0. The lowest BCUT2D eigenvalue weighted by molar-refractivity contribution is -0.122. The number of nitriles is 1. The number of ketones is 3. The first kappa shape index (κ1) is 41.2. The predicted octanol–water partition coefficient (Wildman–Crippen LogP) is 7.71. The van der Waals surface area contributed by atoms with Gasteiger partial charge in [0.05, 0.1) is 23.1 Å². The second kappa shape index (κ2) is 18.4. The molecule has 0 spiro atoms. The monoisotopic (exact) mass is 744 g/mol. The quantitative estimate of drug-likeness (QED) is 0.0712. The number of carbonyl (C=O) groups excluding carboxylic acids is 6. The van der Waals surface area contributed by atoms with Gasteiger partial charge in [0.25, 0.3) is 11.8 Å². The van der Waals surface area contributed by atoms with E-state index >= 15 is 0 Å². The minimum Gasteiger partial charge on any atom is -0.507 e. The van der Waals surface area contributed by atoms with Gasteiger partial charge in [-0.15, -0.1) is 0 Å². The Labute approximate surface area is 319 Å². The number of phenols is 2. The van der Waals surface area contributed by atoms with Gasteiger partial charge in [0.2, 0.25) is 5.91 Å². The summed E-state index contributed by atoms with van der Waals surface area (Å²) in [6.07, 6.45) is 1.45. The number of anilines is 3. The number of phenolic OH excluding ortho intramolecular Hbond substituents is 2. The van der Waals surface area contributed by atoms with Crippen molar-refractivity contribution in [2.45, 2.75) is 66.7 Å². The van der Waals surface area contributed by atoms with E-state index in [1.807, 2.05) is 19.9 Å². The summed E-state index contributed by atoms with van der Waals surface area (Å²) in [6.45, 7) is 8.34. The van der Waals surface area contributed by atoms with Gasteiger partial charge in [0.15, 0.2) is 11.6 Å². The van der Waals surface area contributed by atoms with Crippen molar-refractivity contribution >= 4 is 52.1 Å². The molecular weight excluding hydrogens is 700 g/mol. The molecule has 0 fully saturated rings. The molecule has 12 heteroatoms. The topological polar surface area (TPSA) is 203 Å². The number of hydrogen-bond acceptors (Lipinski definition) is 9. The molecule has 3 amide bonds. The number of hydrogen-bond donors (Lipinski definition) is 5. The highest BCUT2D eigenvalue weighted by atomic mass is 16.3. The standard InChI is InChI=1S/C43H44N4O8/c1-6-28(7-2)37(49)22-27-8-10-29(11-9-27)38(50)23-31(20-21-44)42(54)45-32-14-12-30(13-15-32)41(53)46-35-19-17-34(40(52)25(35)4)43(55)47-36-18-16-33(26(5)48)39(51)24(36)3/h8-19,28,31,51-52H,6-7,20,22-23H2,1-5H3,(H,45,54)(H,46,53)(H,47,55). The van der Waals surface area contributed by atoms with E-state index in [0.717, 1.165) is 18.4 Å². The third-order valence-corrected chi connectivity index (χ3v) is 9.63. The van der Waals surface area contributed by atoms with Crippen molar-refractivity contribution < 1.29 is 39.0 Å². The van der Waals surface area contributed by atoms with Gasteiger partial charge in [-0.25, -0.2) is 0 Å². The summed E-state index contributed by atoms with van der Waals surface area (Å²) in [5, 5.41) is 38.6. The molecule has 4 aromatic carbocycles. The highest BCUT2D eigenvalue weighted by Gasteiger charge is 2.24. The second-order valence-corrected chi connectivity index (χ2v) is 13.3. The summed E-state index contributed by atoms with van der Waals surface area (Å²) in [6, 6.07) is 20.3. The maximum Gasteiger partial charge on any atom is 0.259 e. The van der Waals surface area contributed by atoms with Crippen LogP contribution in [0.25, 0.3) is 0 Å². The Morgan fingerprint density at radius 3 is 1.75 bits per heavy atom. The molecule has 284 valence electrons. The molecule has 5 N–H and O–H groups in total. The van der Waals surface area contributed by atoms with Crippen molar-refractivity contribution in [3.8, 4) is 17.6 Å². The average molecular weight is 745 g/mol. The summed E-state index contributed by atoms with van der Waals surface area (Å²) in [5.74, 6) is -3.79. The first-order valence-corrected chi connectivity index (χ1v) is 17.9. The third kappa shape index (κ3) is 10.1. The number of benzene rings is 4. The number of aromatic hydroxyl groups is 2. The van der Waals surface area contributed by atoms with E-state index in [0.29, 0.717) is 11.3 Å². The fourth-order valence-electron chi connectivity index (χ4n) is 6.08. The highest BCUT2D eigenvalue weighted by molar-refractivity contribution is 6.09. The maximum absolute atomic E-state index is 13.1. The molecular formula is C43H44N4O8. The minimum atomic E-state index is -0.930. The summed E-state index contributed by atoms with van der Waals surface area (Å²) >= 11 is 0. The van der Waals surface area contributed by atoms with Crippen LogP contribution in [-0.4, -0.2) is 45.3 Å². The molecule has 0 saturated heterocycles. The molecule has 0 aliphatic rings. The summed E-state index contributed by atoms with van der Waals surface area (Å²) in [7, 11) is 0. The second-order valence-electron chi connectivity index (χ2n) is 13.3. The van der Waals surface area contributed by atoms with Gasteiger partial charge in [-0.1, -0.05) is 38.1 Å². The van der Waals surface area contributed by atoms with Crippen molar-refractivity contribution in [3.05, 3.63) is 112 Å². The van der Waals surface area contributed by atoms with Crippen LogP contribution in [0.2, 0.25) is 0 Å². The number of rotatable bonds is 16. The average Bonchev–Trinajstić information content (AvgIpc) is 3.16. The summed E-state index contributed by atoms with van der Waals surface area (Å²) in [4.78, 5) is 76.5. The van der Waals surface area contributed by atoms with Crippen LogP contribution in [0.1, 0.15) is 105 Å². The maximum atomic E-state index is 13.1. The van der Waals surface area contributed by atoms with Gasteiger partial charge in [-0.2, -0.15) is 5.26 Å². The van der Waals surface area contributed by atoms with E-state index in [2.05, 4.69) is 16.0 Å². The Kier molecular flexibility index (Phi) is 13.8. The minimum absolute atomic E-state index is 0.00145. The summed E-state index contributed by atoms with van der Waals surface area (Å²) in [5.41, 5.74) is 2.76. The Hall–Kier alpha value is -6.61. The Balaban J connectivity index is 1.36. The lowest BCUT2D eigenvalue weighted by Gasteiger charge is -2.15. The van der Waals surface area contributed by atoms with Gasteiger partial charge < -0.3 is 26.2 Å². The zero-order valence-corrected chi connectivity index (χ0v) is 31.4. The smallest absolute Gasteiger partial charge is 0.259 e. The van der Waals surface area contributed by atoms with E-state index in [4.69, 9.17) is 0 Å². The molecule has 1 unspecified atom stereocenters. The van der Waals surface area contributed by atoms with E-state index in [9.17, 15) is 44.2 Å². The normalized spacial score (nSPS) is 11.3. The molecule has 12 nitrogen and oxygen atoms in total. The van der Waals surface area contributed by atoms with Crippen molar-refractivity contribution in [1.82, 2.24) is 0 Å². The molecule has 0 heterocycles. The SMILES string of the molecule is CCC(CC)C(=O)Cc1ccc(C(=O)CC(CC#N)C(=O)Nc2ccc(C(=O)Nc3ccc(C(=O)Nc4ccc(C(C)=O)c(O)c4C)c(O)c3C)cc2)cc1. The highest BCUT2D eigenvalue weighted by Crippen LogP contribution is 2.33. The van der Waals surface area contributed by atoms with Crippen LogP contribution >= 0.6 is 0 Å². The van der Waals surface area contributed by atoms with Crippen LogP contribution in [0.3, 0.4) is 0 Å². The van der Waals surface area contributed by atoms with Crippen molar-refractivity contribution in [1.29, 1.82) is 5.26 Å². The first-order chi connectivity index (χ1) is 26.2. The lowest BCUT2D eigenvalue weighted by atomic mass is 9.92. The zero-order valence-electron chi connectivity index (χ0n) is 31.4. The molecule has 4 aromatic rings. The van der Waals surface area contributed by atoms with E-state index in [-0.39, 0.29) is 93.2 Å². The zero-order chi connectivity index (χ0) is 40.4. The van der Waals surface area contributed by atoms with Crippen molar-refractivity contribution in [3.63, 3.8) is 0 Å². The number of nitrogens with one attached hydrogen (secondary N) is 3. The fraction of sp³-hybridized carbons (Fsp3) is 0.279. The van der Waals surface area contributed by atoms with Gasteiger partial charge in [0, 0.05) is 64.5 Å². The third-order valence-electron chi connectivity index (χ3n) is 9.63. The number of Topliss-reactive ketones (excluding diaryl/α,β-unsaturated/α-hetero) is 3. The number of carbonyl (C=O) groups is 6. The van der Waals surface area contributed by atoms with Crippen LogP contribution in [0, 0.1) is 37.0 Å². The molecule has 0 radical (unpaired) electrons. The lowest BCUT2D eigenvalue weighted by Crippen LogP contribution is -2.25. The fourth-order valence-corrected chi connectivity index (χ4v) is 6.08. The molecule has 1 atom stereocenters. The molecule has 55 heavy (non-hydrogen) atoms. The predicted molar refractivity (Wildman–Crippen MR) is 209 cm³/mol. The molecule has 0 aliphatic carbocycles. The molecule has 0 aliphatic heterocycles. The Bertz CT molecular complexity index is 2160. The molecule has 0 aromatic heterocycles. The van der Waals surface area contributed by atoms with E-state index in [1.165, 1.54) is 62.4 Å².